The third-order valence-corrected chi connectivity index (χ3v) is 2.45. The van der Waals surface area contributed by atoms with Gasteiger partial charge in [-0.3, -0.25) is 0 Å². The lowest BCUT2D eigenvalue weighted by atomic mass is 10.1. The highest BCUT2D eigenvalue weighted by atomic mass is 32.2. The van der Waals surface area contributed by atoms with Gasteiger partial charge in [0, 0.05) is 5.25 Å². The summed E-state index contributed by atoms with van der Waals surface area (Å²) in [4.78, 5) is 10.6. The van der Waals surface area contributed by atoms with Gasteiger partial charge in [0.2, 0.25) is 0 Å². The van der Waals surface area contributed by atoms with Crippen LogP contribution < -0.4 is 0 Å². The van der Waals surface area contributed by atoms with Crippen molar-refractivity contribution in [2.45, 2.75) is 12.2 Å². The largest absolute Gasteiger partial charge is 0.456 e. The lowest BCUT2D eigenvalue weighted by Gasteiger charge is -2.22. The summed E-state index contributed by atoms with van der Waals surface area (Å²) in [5, 5.41) is -0.00903. The zero-order valence-corrected chi connectivity index (χ0v) is 6.48. The average Bonchev–Trinajstić information content (AvgIpc) is 1.88. The second-order valence-electron chi connectivity index (χ2n) is 2.16. The van der Waals surface area contributed by atoms with Gasteiger partial charge in [-0.15, -0.1) is 6.42 Å². The number of hydrogen-bond donors (Lipinski definition) is 0. The maximum Gasteiger partial charge on any atom is 0.367 e. The SMILES string of the molecule is C#CC1COC(=O)SC1C. The Labute approximate surface area is 64.3 Å². The molecule has 0 saturated carbocycles. The van der Waals surface area contributed by atoms with Crippen LogP contribution in [0.25, 0.3) is 0 Å². The Morgan fingerprint density at radius 1 is 1.90 bits per heavy atom. The van der Waals surface area contributed by atoms with Crippen LogP contribution in [-0.4, -0.2) is 17.2 Å². The van der Waals surface area contributed by atoms with Crippen molar-refractivity contribution < 1.29 is 9.53 Å². The third-order valence-electron chi connectivity index (χ3n) is 1.44. The molecule has 3 heteroatoms. The van der Waals surface area contributed by atoms with E-state index >= 15 is 0 Å². The molecule has 0 aliphatic carbocycles. The first-order valence-electron chi connectivity index (χ1n) is 3.03. The molecule has 0 aromatic rings. The quantitative estimate of drug-likeness (QED) is 0.393. The van der Waals surface area contributed by atoms with Crippen molar-refractivity contribution >= 4 is 17.1 Å². The molecular weight excluding hydrogens is 148 g/mol. The van der Waals surface area contributed by atoms with Crippen molar-refractivity contribution in [2.24, 2.45) is 5.92 Å². The third kappa shape index (κ3) is 1.45. The van der Waals surface area contributed by atoms with Gasteiger partial charge < -0.3 is 4.74 Å². The first kappa shape index (κ1) is 7.49. The van der Waals surface area contributed by atoms with Crippen LogP contribution in [0.2, 0.25) is 0 Å². The average molecular weight is 156 g/mol. The Morgan fingerprint density at radius 2 is 2.60 bits per heavy atom. The van der Waals surface area contributed by atoms with Crippen LogP contribution in [0.15, 0.2) is 0 Å². The predicted molar refractivity (Wildman–Crippen MR) is 40.7 cm³/mol. The molecule has 1 saturated heterocycles. The smallest absolute Gasteiger partial charge is 0.367 e. The monoisotopic (exact) mass is 156 g/mol. The lowest BCUT2D eigenvalue weighted by molar-refractivity contribution is 0.158. The minimum Gasteiger partial charge on any atom is -0.456 e. The highest BCUT2D eigenvalue weighted by Crippen LogP contribution is 2.26. The Morgan fingerprint density at radius 3 is 3.10 bits per heavy atom. The van der Waals surface area contributed by atoms with Gasteiger partial charge >= 0.3 is 5.30 Å². The van der Waals surface area contributed by atoms with Crippen LogP contribution in [0.4, 0.5) is 4.79 Å². The van der Waals surface area contributed by atoms with E-state index in [4.69, 9.17) is 11.2 Å². The van der Waals surface area contributed by atoms with E-state index in [1.807, 2.05) is 6.92 Å². The summed E-state index contributed by atoms with van der Waals surface area (Å²) in [6, 6.07) is 0. The molecular formula is C7H8O2S. The normalized spacial score (nSPS) is 32.6. The molecule has 1 aliphatic heterocycles. The molecule has 0 bridgehead atoms. The van der Waals surface area contributed by atoms with E-state index in [0.29, 0.717) is 6.61 Å². The molecule has 1 fully saturated rings. The van der Waals surface area contributed by atoms with Crippen LogP contribution in [0.1, 0.15) is 6.92 Å². The summed E-state index contributed by atoms with van der Waals surface area (Å²) in [6.07, 6.45) is 5.18. The van der Waals surface area contributed by atoms with Gasteiger partial charge in [0.15, 0.2) is 0 Å². The first-order valence-corrected chi connectivity index (χ1v) is 3.91. The maximum atomic E-state index is 10.6. The fourth-order valence-electron chi connectivity index (χ4n) is 0.745. The second-order valence-corrected chi connectivity index (χ2v) is 3.47. The van der Waals surface area contributed by atoms with E-state index < -0.39 is 0 Å². The van der Waals surface area contributed by atoms with E-state index in [1.54, 1.807) is 0 Å². The van der Waals surface area contributed by atoms with Crippen LogP contribution in [-0.2, 0) is 4.74 Å². The number of rotatable bonds is 0. The molecule has 1 aliphatic rings. The predicted octanol–water partition coefficient (Wildman–Crippen LogP) is 1.51. The number of carbonyl (C=O) groups excluding carboxylic acids is 1. The van der Waals surface area contributed by atoms with Crippen LogP contribution in [0, 0.1) is 18.3 Å². The highest BCUT2D eigenvalue weighted by molar-refractivity contribution is 8.13. The topological polar surface area (TPSA) is 26.3 Å². The fourth-order valence-corrected chi connectivity index (χ4v) is 1.51. The van der Waals surface area contributed by atoms with Gasteiger partial charge in [-0.05, 0) is 11.8 Å². The Bertz CT molecular complexity index is 183. The van der Waals surface area contributed by atoms with Crippen molar-refractivity contribution in [3.05, 3.63) is 0 Å². The molecule has 2 atom stereocenters. The summed E-state index contributed by atoms with van der Waals surface area (Å²) in [7, 11) is 0. The zero-order chi connectivity index (χ0) is 7.56. The minimum atomic E-state index is -0.209. The molecule has 0 aromatic carbocycles. The summed E-state index contributed by atoms with van der Waals surface area (Å²) >= 11 is 1.17. The van der Waals surface area contributed by atoms with Gasteiger partial charge in [-0.2, -0.15) is 0 Å². The van der Waals surface area contributed by atoms with E-state index in [9.17, 15) is 4.79 Å². The van der Waals surface area contributed by atoms with Crippen molar-refractivity contribution in [1.29, 1.82) is 0 Å². The summed E-state index contributed by atoms with van der Waals surface area (Å²) < 4.78 is 4.73. The Kier molecular flexibility index (Phi) is 2.23. The maximum absolute atomic E-state index is 10.6. The number of cyclic esters (lactones) is 1. The molecule has 1 rings (SSSR count). The fraction of sp³-hybridized carbons (Fsp3) is 0.571. The van der Waals surface area contributed by atoms with Gasteiger partial charge in [-0.25, -0.2) is 4.79 Å². The van der Waals surface area contributed by atoms with Crippen molar-refractivity contribution in [3.8, 4) is 12.3 Å². The van der Waals surface area contributed by atoms with E-state index in [-0.39, 0.29) is 16.5 Å². The second kappa shape index (κ2) is 2.98. The number of ether oxygens (including phenoxy) is 1. The molecule has 2 nitrogen and oxygen atoms in total. The summed E-state index contributed by atoms with van der Waals surface area (Å²) in [5.41, 5.74) is 0. The molecule has 0 amide bonds. The minimum absolute atomic E-state index is 0.0858. The van der Waals surface area contributed by atoms with Crippen LogP contribution in [0.3, 0.4) is 0 Å². The van der Waals surface area contributed by atoms with Gasteiger partial charge in [0.25, 0.3) is 0 Å². The molecule has 0 aromatic heterocycles. The Balaban J connectivity index is 2.53. The van der Waals surface area contributed by atoms with E-state index in [1.165, 1.54) is 11.8 Å². The zero-order valence-electron chi connectivity index (χ0n) is 5.66. The van der Waals surface area contributed by atoms with E-state index in [2.05, 4.69) is 5.92 Å². The summed E-state index contributed by atoms with van der Waals surface area (Å²) in [5.74, 6) is 2.66. The highest BCUT2D eigenvalue weighted by Gasteiger charge is 2.26. The standard InChI is InChI=1S/C7H8O2S/c1-3-6-4-9-7(8)10-5(6)2/h1,5-6H,4H2,2H3. The summed E-state index contributed by atoms with van der Waals surface area (Å²) in [6.45, 7) is 2.32. The van der Waals surface area contributed by atoms with Crippen molar-refractivity contribution in [1.82, 2.24) is 0 Å². The molecule has 54 valence electrons. The van der Waals surface area contributed by atoms with Gasteiger partial charge in [0.1, 0.15) is 6.61 Å². The molecule has 1 heterocycles. The van der Waals surface area contributed by atoms with Crippen LogP contribution >= 0.6 is 11.8 Å². The number of hydrogen-bond acceptors (Lipinski definition) is 3. The molecule has 2 unspecified atom stereocenters. The van der Waals surface area contributed by atoms with Crippen molar-refractivity contribution in [2.75, 3.05) is 6.61 Å². The van der Waals surface area contributed by atoms with Crippen LogP contribution in [0.5, 0.6) is 0 Å². The lowest BCUT2D eigenvalue weighted by Crippen LogP contribution is -2.26. The number of carbonyl (C=O) groups is 1. The first-order chi connectivity index (χ1) is 4.74. The van der Waals surface area contributed by atoms with Crippen molar-refractivity contribution in [3.63, 3.8) is 0 Å². The number of thioether (sulfide) groups is 1. The molecule has 10 heavy (non-hydrogen) atoms. The number of terminal acetylenes is 1. The molecule has 0 radical (unpaired) electrons. The Hall–Kier alpha value is -0.620. The molecule has 0 N–H and O–H groups in total. The van der Waals surface area contributed by atoms with E-state index in [0.717, 1.165) is 0 Å². The van der Waals surface area contributed by atoms with Gasteiger partial charge in [-0.1, -0.05) is 12.8 Å². The van der Waals surface area contributed by atoms with Gasteiger partial charge in [0.05, 0.1) is 5.92 Å². The molecule has 0 spiro atoms.